The molecule has 0 bridgehead atoms. The van der Waals surface area contributed by atoms with Gasteiger partial charge in [0.25, 0.3) is 11.8 Å². The average Bonchev–Trinajstić information content (AvgIpc) is 3.09. The van der Waals surface area contributed by atoms with E-state index in [0.717, 1.165) is 0 Å². The number of carbonyl (C=O) groups excluding carboxylic acids is 4. The molecule has 0 atom stereocenters. The first-order valence-corrected chi connectivity index (χ1v) is 13.9. The second-order valence-corrected chi connectivity index (χ2v) is 9.73. The molecule has 0 aliphatic rings. The first kappa shape index (κ1) is 38.5. The van der Waals surface area contributed by atoms with Gasteiger partial charge in [0, 0.05) is 37.3 Å². The van der Waals surface area contributed by atoms with Gasteiger partial charge in [-0.05, 0) is 24.3 Å². The van der Waals surface area contributed by atoms with Gasteiger partial charge < -0.3 is 21.3 Å². The van der Waals surface area contributed by atoms with Crippen LogP contribution in [-0.2, 0) is 9.59 Å². The Bertz CT molecular complexity index is 1700. The number of benzene rings is 4. The first-order valence-electron chi connectivity index (χ1n) is 13.9. The number of anilines is 2. The van der Waals surface area contributed by atoms with Gasteiger partial charge in [0.2, 0.25) is 23.4 Å². The Labute approximate surface area is 275 Å². The van der Waals surface area contributed by atoms with Crippen LogP contribution in [0, 0.1) is 58.2 Å². The van der Waals surface area contributed by atoms with Gasteiger partial charge in [0.15, 0.2) is 46.5 Å². The third-order valence-corrected chi connectivity index (χ3v) is 6.26. The van der Waals surface area contributed by atoms with E-state index >= 15 is 0 Å². The first-order chi connectivity index (χ1) is 23.6. The largest absolute Gasteiger partial charge is 0.351 e. The fourth-order valence-electron chi connectivity index (χ4n) is 3.85. The topological polar surface area (TPSA) is 116 Å². The van der Waals surface area contributed by atoms with E-state index in [1.165, 1.54) is 0 Å². The Hall–Kier alpha value is -5.94. The molecule has 18 heteroatoms. The number of carbonyl (C=O) groups is 4. The predicted molar refractivity (Wildman–Crippen MR) is 157 cm³/mol. The van der Waals surface area contributed by atoms with Crippen LogP contribution < -0.4 is 21.3 Å². The summed E-state index contributed by atoms with van der Waals surface area (Å²) in [6.45, 7) is -0.728. The molecule has 4 aromatic rings. The van der Waals surface area contributed by atoms with Gasteiger partial charge in [-0.1, -0.05) is 36.4 Å². The number of rotatable bonds is 10. The Morgan fingerprint density at radius 3 is 0.940 bits per heavy atom. The van der Waals surface area contributed by atoms with Gasteiger partial charge in [0.05, 0.1) is 0 Å². The van der Waals surface area contributed by atoms with E-state index in [4.69, 9.17) is 0 Å². The Kier molecular flexibility index (Phi) is 13.4. The monoisotopic (exact) mass is 716 g/mol. The van der Waals surface area contributed by atoms with Crippen molar-refractivity contribution in [2.75, 3.05) is 23.7 Å². The molecule has 264 valence electrons. The molecule has 0 heterocycles. The van der Waals surface area contributed by atoms with Gasteiger partial charge in [-0.3, -0.25) is 19.2 Å². The van der Waals surface area contributed by atoms with E-state index in [9.17, 15) is 63.1 Å². The molecular weight excluding hydrogens is 694 g/mol. The lowest BCUT2D eigenvalue weighted by atomic mass is 10.1. The van der Waals surface area contributed by atoms with Gasteiger partial charge in [-0.2, -0.15) is 0 Å². The van der Waals surface area contributed by atoms with E-state index in [2.05, 4.69) is 10.6 Å². The maximum Gasteiger partial charge on any atom is 0.257 e. The summed E-state index contributed by atoms with van der Waals surface area (Å²) in [5.41, 5.74) is -2.20. The highest BCUT2D eigenvalue weighted by Crippen LogP contribution is 2.24. The maximum atomic E-state index is 13.5. The van der Waals surface area contributed by atoms with E-state index in [1.54, 1.807) is 60.7 Å². The van der Waals surface area contributed by atoms with E-state index in [1.807, 2.05) is 10.6 Å². The van der Waals surface area contributed by atoms with Gasteiger partial charge in [-0.25, -0.2) is 43.9 Å². The van der Waals surface area contributed by atoms with Crippen molar-refractivity contribution in [1.82, 2.24) is 10.6 Å². The molecular formula is C32H22F10N4O4. The summed E-state index contributed by atoms with van der Waals surface area (Å²) in [5, 5.41) is 8.86. The van der Waals surface area contributed by atoms with Crippen molar-refractivity contribution in [3.05, 3.63) is 130 Å². The minimum Gasteiger partial charge on any atom is -0.351 e. The summed E-state index contributed by atoms with van der Waals surface area (Å²) >= 11 is 0. The highest BCUT2D eigenvalue weighted by molar-refractivity contribution is 5.96. The molecule has 8 nitrogen and oxygen atoms in total. The van der Waals surface area contributed by atoms with Crippen molar-refractivity contribution in [3.63, 3.8) is 0 Å². The minimum atomic E-state index is -2.35. The van der Waals surface area contributed by atoms with E-state index in [-0.39, 0.29) is 25.9 Å². The normalized spacial score (nSPS) is 10.4. The van der Waals surface area contributed by atoms with Crippen LogP contribution in [0.15, 0.2) is 60.7 Å². The Balaban J connectivity index is 0.000000270. The molecule has 4 amide bonds. The lowest BCUT2D eigenvalue weighted by Gasteiger charge is -2.09. The third-order valence-electron chi connectivity index (χ3n) is 6.26. The van der Waals surface area contributed by atoms with Crippen LogP contribution in [-0.4, -0.2) is 36.7 Å². The second kappa shape index (κ2) is 17.5. The summed E-state index contributed by atoms with van der Waals surface area (Å²) in [6, 6.07) is 16.7. The predicted octanol–water partition coefficient (Wildman–Crippen LogP) is 6.28. The molecule has 0 aromatic heterocycles. The summed E-state index contributed by atoms with van der Waals surface area (Å²) in [7, 11) is 0. The zero-order chi connectivity index (χ0) is 37.1. The molecule has 0 radical (unpaired) electrons. The van der Waals surface area contributed by atoms with Crippen molar-refractivity contribution >= 4 is 35.0 Å². The standard InChI is InChI=1S/2C16H11F5N2O2/c2*17-11-10(12(18)14(20)15(21)13(11)19)16(25)22-7-6-9(24)23-8-4-2-1-3-5-8/h2*1-5H,6-7H2,(H,22,25)(H,23,24). The molecule has 0 aliphatic heterocycles. The molecule has 4 aromatic carbocycles. The maximum absolute atomic E-state index is 13.5. The molecule has 0 unspecified atom stereocenters. The van der Waals surface area contributed by atoms with Crippen LogP contribution in [0.3, 0.4) is 0 Å². The van der Waals surface area contributed by atoms with Gasteiger partial charge in [-0.15, -0.1) is 0 Å². The molecule has 0 fully saturated rings. The number of hydrogen-bond donors (Lipinski definition) is 4. The van der Waals surface area contributed by atoms with Crippen molar-refractivity contribution in [2.45, 2.75) is 12.8 Å². The highest BCUT2D eigenvalue weighted by atomic mass is 19.2. The van der Waals surface area contributed by atoms with Crippen LogP contribution in [0.2, 0.25) is 0 Å². The molecule has 0 saturated carbocycles. The Morgan fingerprint density at radius 1 is 0.400 bits per heavy atom. The quantitative estimate of drug-likeness (QED) is 0.0879. The van der Waals surface area contributed by atoms with Gasteiger partial charge in [0.1, 0.15) is 11.1 Å². The molecule has 4 rings (SSSR count). The average molecular weight is 717 g/mol. The Morgan fingerprint density at radius 2 is 0.660 bits per heavy atom. The van der Waals surface area contributed by atoms with Crippen LogP contribution in [0.25, 0.3) is 0 Å². The summed E-state index contributed by atoms with van der Waals surface area (Å²) < 4.78 is 132. The smallest absolute Gasteiger partial charge is 0.257 e. The van der Waals surface area contributed by atoms with Crippen LogP contribution in [0.4, 0.5) is 55.3 Å². The van der Waals surface area contributed by atoms with E-state index < -0.39 is 92.9 Å². The number of nitrogens with one attached hydrogen (secondary N) is 4. The fourth-order valence-corrected chi connectivity index (χ4v) is 3.85. The SMILES string of the molecule is O=C(CCNC(=O)c1c(F)c(F)c(F)c(F)c1F)Nc1ccccc1.O=C(CCNC(=O)c1c(F)c(F)c(F)c(F)c1F)Nc1ccccc1. The molecule has 0 aliphatic carbocycles. The highest BCUT2D eigenvalue weighted by Gasteiger charge is 2.30. The summed E-state index contributed by atoms with van der Waals surface area (Å²) in [6.07, 6.45) is -0.536. The van der Waals surface area contributed by atoms with Crippen molar-refractivity contribution in [2.24, 2.45) is 0 Å². The van der Waals surface area contributed by atoms with Gasteiger partial charge >= 0.3 is 0 Å². The number of para-hydroxylation sites is 2. The second-order valence-electron chi connectivity index (χ2n) is 9.73. The van der Waals surface area contributed by atoms with Crippen molar-refractivity contribution < 1.29 is 63.1 Å². The zero-order valence-electron chi connectivity index (χ0n) is 25.0. The lowest BCUT2D eigenvalue weighted by molar-refractivity contribution is -0.116. The number of hydrogen-bond acceptors (Lipinski definition) is 4. The lowest BCUT2D eigenvalue weighted by Crippen LogP contribution is -2.30. The summed E-state index contributed by atoms with van der Waals surface area (Å²) in [5.74, 6) is -26.6. The molecule has 0 spiro atoms. The van der Waals surface area contributed by atoms with E-state index in [0.29, 0.717) is 11.4 Å². The molecule has 4 N–H and O–H groups in total. The van der Waals surface area contributed by atoms with Crippen LogP contribution in [0.1, 0.15) is 33.6 Å². The van der Waals surface area contributed by atoms with Crippen molar-refractivity contribution in [3.8, 4) is 0 Å². The number of amides is 4. The fraction of sp³-hybridized carbons (Fsp3) is 0.125. The van der Waals surface area contributed by atoms with Crippen LogP contribution >= 0.6 is 0 Å². The number of halogens is 10. The van der Waals surface area contributed by atoms with Crippen molar-refractivity contribution in [1.29, 1.82) is 0 Å². The third kappa shape index (κ3) is 9.57. The zero-order valence-corrected chi connectivity index (χ0v) is 25.0. The summed E-state index contributed by atoms with van der Waals surface area (Å²) in [4.78, 5) is 46.6. The molecule has 50 heavy (non-hydrogen) atoms. The van der Waals surface area contributed by atoms with Crippen LogP contribution in [0.5, 0.6) is 0 Å². The minimum absolute atomic E-state index is 0.268. The molecule has 0 saturated heterocycles.